The molecule has 0 spiro atoms. The van der Waals surface area contributed by atoms with Crippen molar-refractivity contribution in [2.24, 2.45) is 4.99 Å². The summed E-state index contributed by atoms with van der Waals surface area (Å²) in [6, 6.07) is 17.2. The molecule has 2 aromatic rings. The van der Waals surface area contributed by atoms with Gasteiger partial charge in [0, 0.05) is 15.9 Å². The lowest BCUT2D eigenvalue weighted by atomic mass is 10.1. The number of nitrogens with one attached hydrogen (secondary N) is 1. The molecule has 1 heterocycles. The van der Waals surface area contributed by atoms with Crippen molar-refractivity contribution in [2.75, 3.05) is 11.1 Å². The van der Waals surface area contributed by atoms with E-state index in [2.05, 4.69) is 76.7 Å². The molecule has 0 aliphatic carbocycles. The number of halogens is 1. The van der Waals surface area contributed by atoms with Crippen molar-refractivity contribution in [2.45, 2.75) is 19.4 Å². The van der Waals surface area contributed by atoms with Crippen LogP contribution in [0.5, 0.6) is 0 Å². The van der Waals surface area contributed by atoms with E-state index in [0.29, 0.717) is 6.04 Å². The zero-order chi connectivity index (χ0) is 14.7. The highest BCUT2D eigenvalue weighted by atomic mass is 79.9. The third-order valence-electron chi connectivity index (χ3n) is 3.45. The maximum atomic E-state index is 4.78. The van der Waals surface area contributed by atoms with Crippen LogP contribution in [0.3, 0.4) is 0 Å². The molecule has 0 aromatic heterocycles. The molecule has 1 aliphatic heterocycles. The van der Waals surface area contributed by atoms with Crippen molar-refractivity contribution >= 4 is 38.5 Å². The van der Waals surface area contributed by atoms with Gasteiger partial charge in [-0.3, -0.25) is 4.99 Å². The van der Waals surface area contributed by atoms with E-state index in [4.69, 9.17) is 4.99 Å². The van der Waals surface area contributed by atoms with E-state index in [1.807, 2.05) is 0 Å². The van der Waals surface area contributed by atoms with E-state index < -0.39 is 0 Å². The largest absolute Gasteiger partial charge is 0.335 e. The van der Waals surface area contributed by atoms with E-state index in [9.17, 15) is 0 Å². The molecular weight excluding hydrogens is 344 g/mol. The van der Waals surface area contributed by atoms with E-state index in [0.717, 1.165) is 27.5 Å². The lowest BCUT2D eigenvalue weighted by molar-refractivity contribution is 0.762. The zero-order valence-corrected chi connectivity index (χ0v) is 14.2. The maximum absolute atomic E-state index is 4.78. The summed E-state index contributed by atoms with van der Waals surface area (Å²) in [6.07, 6.45) is 1.01. The van der Waals surface area contributed by atoms with Gasteiger partial charge in [-0.05, 0) is 36.6 Å². The van der Waals surface area contributed by atoms with Crippen molar-refractivity contribution in [1.29, 1.82) is 0 Å². The molecule has 1 aliphatic rings. The quantitative estimate of drug-likeness (QED) is 0.842. The van der Waals surface area contributed by atoms with E-state index >= 15 is 0 Å². The van der Waals surface area contributed by atoms with Gasteiger partial charge in [-0.2, -0.15) is 0 Å². The Hall–Kier alpha value is -1.26. The molecule has 3 rings (SSSR count). The van der Waals surface area contributed by atoms with Gasteiger partial charge in [0.2, 0.25) is 0 Å². The highest BCUT2D eigenvalue weighted by Crippen LogP contribution is 2.25. The average molecular weight is 361 g/mol. The van der Waals surface area contributed by atoms with Gasteiger partial charge in [-0.1, -0.05) is 64.1 Å². The number of hydrogen-bond donors (Lipinski definition) is 1. The molecule has 2 aromatic carbocycles. The number of nitrogens with zero attached hydrogens (tertiary/aromatic N) is 1. The number of rotatable bonds is 3. The first kappa shape index (κ1) is 14.7. The van der Waals surface area contributed by atoms with Gasteiger partial charge >= 0.3 is 0 Å². The minimum absolute atomic E-state index is 0.369. The fraction of sp³-hybridized carbons (Fsp3) is 0.235. The topological polar surface area (TPSA) is 24.4 Å². The third kappa shape index (κ3) is 3.89. The van der Waals surface area contributed by atoms with Crippen LogP contribution < -0.4 is 5.32 Å². The molecule has 1 atom stereocenters. The molecule has 0 saturated heterocycles. The predicted molar refractivity (Wildman–Crippen MR) is 96.3 cm³/mol. The molecular formula is C17H17BrN2S. The summed E-state index contributed by atoms with van der Waals surface area (Å²) >= 11 is 5.36. The fourth-order valence-corrected chi connectivity index (χ4v) is 3.60. The van der Waals surface area contributed by atoms with E-state index in [1.54, 1.807) is 11.8 Å². The van der Waals surface area contributed by atoms with Gasteiger partial charge in [0.05, 0.1) is 6.04 Å². The van der Waals surface area contributed by atoms with Gasteiger partial charge in [0.25, 0.3) is 0 Å². The van der Waals surface area contributed by atoms with Crippen LogP contribution in [0, 0.1) is 6.92 Å². The van der Waals surface area contributed by atoms with Crippen LogP contribution in [0.4, 0.5) is 5.69 Å². The van der Waals surface area contributed by atoms with Gasteiger partial charge < -0.3 is 5.32 Å². The predicted octanol–water partition coefficient (Wildman–Crippen LogP) is 4.88. The minimum atomic E-state index is 0.369. The van der Waals surface area contributed by atoms with Crippen molar-refractivity contribution in [1.82, 2.24) is 0 Å². The van der Waals surface area contributed by atoms with E-state index in [-0.39, 0.29) is 0 Å². The van der Waals surface area contributed by atoms with Crippen LogP contribution in [0.1, 0.15) is 11.1 Å². The van der Waals surface area contributed by atoms with Gasteiger partial charge in [-0.25, -0.2) is 0 Å². The second-order valence-electron chi connectivity index (χ2n) is 5.18. The Bertz CT molecular complexity index is 655. The van der Waals surface area contributed by atoms with Crippen molar-refractivity contribution in [3.05, 3.63) is 64.1 Å². The Labute approximate surface area is 138 Å². The standard InChI is InChI=1S/C17H17BrN2S/c1-12-7-8-14(10-16(12)18)19-17-20-15(11-21-17)9-13-5-3-2-4-6-13/h2-8,10,15H,9,11H2,1H3,(H,19,20). The Balaban J connectivity index is 1.64. The first-order valence-electron chi connectivity index (χ1n) is 6.98. The molecule has 0 fully saturated rings. The second-order valence-corrected chi connectivity index (χ2v) is 7.04. The van der Waals surface area contributed by atoms with Gasteiger partial charge in [0.1, 0.15) is 0 Å². The first-order chi connectivity index (χ1) is 10.2. The molecule has 0 amide bonds. The van der Waals surface area contributed by atoms with Gasteiger partial charge in [-0.15, -0.1) is 0 Å². The average Bonchev–Trinajstić information content (AvgIpc) is 2.91. The molecule has 1 N–H and O–H groups in total. The summed E-state index contributed by atoms with van der Waals surface area (Å²) in [4.78, 5) is 4.78. The van der Waals surface area contributed by atoms with Crippen LogP contribution in [0.25, 0.3) is 0 Å². The normalized spacial score (nSPS) is 17.6. The second kappa shape index (κ2) is 6.67. The first-order valence-corrected chi connectivity index (χ1v) is 8.76. The SMILES string of the molecule is Cc1ccc(NC2=NC(Cc3ccccc3)CS2)cc1Br. The number of amidine groups is 1. The summed E-state index contributed by atoms with van der Waals surface area (Å²) in [5.74, 6) is 1.05. The summed E-state index contributed by atoms with van der Waals surface area (Å²) < 4.78 is 1.12. The van der Waals surface area contributed by atoms with Crippen molar-refractivity contribution in [3.63, 3.8) is 0 Å². The van der Waals surface area contributed by atoms with Crippen molar-refractivity contribution < 1.29 is 0 Å². The number of anilines is 1. The Kier molecular flexibility index (Phi) is 4.66. The van der Waals surface area contributed by atoms with Crippen LogP contribution >= 0.6 is 27.7 Å². The van der Waals surface area contributed by atoms with Crippen LogP contribution in [-0.4, -0.2) is 17.0 Å². The summed E-state index contributed by atoms with van der Waals surface area (Å²) in [7, 11) is 0. The third-order valence-corrected chi connectivity index (χ3v) is 5.34. The maximum Gasteiger partial charge on any atom is 0.161 e. The van der Waals surface area contributed by atoms with Crippen molar-refractivity contribution in [3.8, 4) is 0 Å². The fourth-order valence-electron chi connectivity index (χ4n) is 2.27. The minimum Gasteiger partial charge on any atom is -0.335 e. The highest BCUT2D eigenvalue weighted by molar-refractivity contribution is 9.10. The summed E-state index contributed by atoms with van der Waals surface area (Å²) in [5, 5.41) is 4.43. The van der Waals surface area contributed by atoms with E-state index in [1.165, 1.54) is 11.1 Å². The zero-order valence-electron chi connectivity index (χ0n) is 11.8. The number of benzene rings is 2. The Morgan fingerprint density at radius 3 is 2.81 bits per heavy atom. The molecule has 108 valence electrons. The lowest BCUT2D eigenvalue weighted by Crippen LogP contribution is -2.08. The molecule has 4 heteroatoms. The smallest absolute Gasteiger partial charge is 0.161 e. The van der Waals surface area contributed by atoms with Crippen LogP contribution in [0.15, 0.2) is 58.0 Å². The van der Waals surface area contributed by atoms with Crippen LogP contribution in [0.2, 0.25) is 0 Å². The number of aryl methyl sites for hydroxylation is 1. The molecule has 21 heavy (non-hydrogen) atoms. The molecule has 0 radical (unpaired) electrons. The number of thioether (sulfide) groups is 1. The molecule has 0 bridgehead atoms. The monoisotopic (exact) mass is 360 g/mol. The summed E-state index contributed by atoms with van der Waals surface area (Å²) in [5.41, 5.74) is 3.67. The molecule has 1 unspecified atom stereocenters. The molecule has 0 saturated carbocycles. The Morgan fingerprint density at radius 1 is 1.24 bits per heavy atom. The van der Waals surface area contributed by atoms with Crippen LogP contribution in [-0.2, 0) is 6.42 Å². The van der Waals surface area contributed by atoms with Gasteiger partial charge in [0.15, 0.2) is 5.17 Å². The highest BCUT2D eigenvalue weighted by Gasteiger charge is 2.18. The Morgan fingerprint density at radius 2 is 2.05 bits per heavy atom. The summed E-state index contributed by atoms with van der Waals surface area (Å²) in [6.45, 7) is 2.09. The number of aliphatic imine (C=N–C) groups is 1. The lowest BCUT2D eigenvalue weighted by Gasteiger charge is -2.07. The molecule has 2 nitrogen and oxygen atoms in total. The number of hydrogen-bond acceptors (Lipinski definition) is 3.